The predicted molar refractivity (Wildman–Crippen MR) is 74.1 cm³/mol. The molecule has 1 aliphatic rings. The van der Waals surface area contributed by atoms with Crippen LogP contribution in [0.15, 0.2) is 12.1 Å². The Bertz CT molecular complexity index is 477. The van der Waals surface area contributed by atoms with Crippen molar-refractivity contribution in [1.82, 2.24) is 4.98 Å². The minimum Gasteiger partial charge on any atom is -0.481 e. The quantitative estimate of drug-likeness (QED) is 0.605. The summed E-state index contributed by atoms with van der Waals surface area (Å²) in [6, 6.07) is 3.18. The van der Waals surface area contributed by atoms with E-state index in [1.165, 1.54) is 19.2 Å². The van der Waals surface area contributed by atoms with Gasteiger partial charge in [0.1, 0.15) is 0 Å². The van der Waals surface area contributed by atoms with E-state index in [4.69, 9.17) is 9.84 Å². The van der Waals surface area contributed by atoms with Crippen molar-refractivity contribution in [2.24, 2.45) is 0 Å². The van der Waals surface area contributed by atoms with E-state index in [-0.39, 0.29) is 18.3 Å². The van der Waals surface area contributed by atoms with Crippen molar-refractivity contribution in [2.75, 3.05) is 25.2 Å². The minimum atomic E-state index is -0.424. The fourth-order valence-corrected chi connectivity index (χ4v) is 2.29. The molecule has 110 valence electrons. The Hall–Kier alpha value is -1.89. The van der Waals surface area contributed by atoms with Crippen LogP contribution in [-0.2, 0) is 0 Å². The summed E-state index contributed by atoms with van der Waals surface area (Å²) in [7, 11) is 1.49. The van der Waals surface area contributed by atoms with E-state index in [1.807, 2.05) is 4.90 Å². The molecule has 1 aromatic rings. The molecule has 0 aromatic carbocycles. The van der Waals surface area contributed by atoms with Gasteiger partial charge in [0, 0.05) is 31.3 Å². The molecular formula is C13H19N3O4. The number of hydrogen-bond donors (Lipinski definition) is 1. The second-order valence-corrected chi connectivity index (χ2v) is 4.81. The standard InChI is InChI=1S/C13H19N3O4/c1-20-12-7-6-11(16(18)19)13(14-12)15(8-3-9-17)10-4-2-5-10/h6-7,10,17H,2-5,8-9H2,1H3. The molecule has 0 unspecified atom stereocenters. The smallest absolute Gasteiger partial charge is 0.311 e. The van der Waals surface area contributed by atoms with Gasteiger partial charge in [-0.1, -0.05) is 0 Å². The molecule has 1 N–H and O–H groups in total. The van der Waals surface area contributed by atoms with Crippen LogP contribution in [0.2, 0.25) is 0 Å². The third-order valence-electron chi connectivity index (χ3n) is 3.58. The zero-order valence-corrected chi connectivity index (χ0v) is 11.5. The second kappa shape index (κ2) is 6.51. The van der Waals surface area contributed by atoms with Crippen molar-refractivity contribution < 1.29 is 14.8 Å². The summed E-state index contributed by atoms with van der Waals surface area (Å²) in [6.07, 6.45) is 3.69. The molecule has 0 aliphatic heterocycles. The lowest BCUT2D eigenvalue weighted by Gasteiger charge is -2.38. The number of ether oxygens (including phenoxy) is 1. The van der Waals surface area contributed by atoms with E-state index in [9.17, 15) is 10.1 Å². The van der Waals surface area contributed by atoms with Gasteiger partial charge in [0.2, 0.25) is 11.7 Å². The number of rotatable bonds is 7. The molecule has 0 spiro atoms. The van der Waals surface area contributed by atoms with Gasteiger partial charge in [-0.25, -0.2) is 0 Å². The van der Waals surface area contributed by atoms with Crippen LogP contribution in [-0.4, -0.2) is 41.3 Å². The summed E-state index contributed by atoms with van der Waals surface area (Å²) in [6.45, 7) is 0.614. The van der Waals surface area contributed by atoms with Gasteiger partial charge in [-0.15, -0.1) is 0 Å². The largest absolute Gasteiger partial charge is 0.481 e. The lowest BCUT2D eigenvalue weighted by molar-refractivity contribution is -0.384. The number of hydrogen-bond acceptors (Lipinski definition) is 6. The van der Waals surface area contributed by atoms with Crippen LogP contribution in [0, 0.1) is 10.1 Å². The maximum Gasteiger partial charge on any atom is 0.311 e. The molecule has 1 saturated carbocycles. The third-order valence-corrected chi connectivity index (χ3v) is 3.58. The molecule has 1 fully saturated rings. The van der Waals surface area contributed by atoms with Crippen LogP contribution >= 0.6 is 0 Å². The summed E-state index contributed by atoms with van der Waals surface area (Å²) in [5, 5.41) is 20.2. The Morgan fingerprint density at radius 3 is 2.80 bits per heavy atom. The Kier molecular flexibility index (Phi) is 4.73. The lowest BCUT2D eigenvalue weighted by atomic mass is 9.91. The molecule has 0 amide bonds. The second-order valence-electron chi connectivity index (χ2n) is 4.81. The fraction of sp³-hybridized carbons (Fsp3) is 0.615. The molecule has 1 heterocycles. The van der Waals surface area contributed by atoms with Gasteiger partial charge in [0.05, 0.1) is 12.0 Å². The Morgan fingerprint density at radius 2 is 2.30 bits per heavy atom. The first kappa shape index (κ1) is 14.5. The highest BCUT2D eigenvalue weighted by atomic mass is 16.6. The number of anilines is 1. The van der Waals surface area contributed by atoms with E-state index in [0.717, 1.165) is 19.3 Å². The van der Waals surface area contributed by atoms with Crippen molar-refractivity contribution in [2.45, 2.75) is 31.7 Å². The summed E-state index contributed by atoms with van der Waals surface area (Å²) < 4.78 is 5.07. The SMILES string of the molecule is COc1ccc([N+](=O)[O-])c(N(CCCO)C2CCC2)n1. The lowest BCUT2D eigenvalue weighted by Crippen LogP contribution is -2.42. The summed E-state index contributed by atoms with van der Waals surface area (Å²) in [5.41, 5.74) is -0.0179. The van der Waals surface area contributed by atoms with Gasteiger partial charge >= 0.3 is 5.69 Å². The third kappa shape index (κ3) is 2.98. The Balaban J connectivity index is 2.35. The highest BCUT2D eigenvalue weighted by Gasteiger charge is 2.31. The molecule has 1 aliphatic carbocycles. The molecule has 0 radical (unpaired) electrons. The number of pyridine rings is 1. The number of aromatic nitrogens is 1. The van der Waals surface area contributed by atoms with Crippen molar-refractivity contribution in [3.8, 4) is 5.88 Å². The van der Waals surface area contributed by atoms with E-state index < -0.39 is 4.92 Å². The maximum absolute atomic E-state index is 11.2. The maximum atomic E-state index is 11.2. The first-order valence-electron chi connectivity index (χ1n) is 6.74. The molecule has 0 bridgehead atoms. The Labute approximate surface area is 117 Å². The summed E-state index contributed by atoms with van der Waals surface area (Å²) in [4.78, 5) is 16.9. The van der Waals surface area contributed by atoms with Crippen LogP contribution in [0.4, 0.5) is 11.5 Å². The topological polar surface area (TPSA) is 88.7 Å². The molecule has 7 nitrogen and oxygen atoms in total. The first-order chi connectivity index (χ1) is 9.67. The average molecular weight is 281 g/mol. The van der Waals surface area contributed by atoms with Crippen molar-refractivity contribution in [3.05, 3.63) is 22.2 Å². The Morgan fingerprint density at radius 1 is 1.55 bits per heavy atom. The molecule has 2 rings (SSSR count). The van der Waals surface area contributed by atoms with Crippen molar-refractivity contribution >= 4 is 11.5 Å². The number of methoxy groups -OCH3 is 1. The van der Waals surface area contributed by atoms with E-state index in [1.54, 1.807) is 0 Å². The van der Waals surface area contributed by atoms with Gasteiger partial charge < -0.3 is 14.7 Å². The minimum absolute atomic E-state index is 0.0179. The van der Waals surface area contributed by atoms with Gasteiger partial charge in [-0.3, -0.25) is 10.1 Å². The van der Waals surface area contributed by atoms with E-state index in [0.29, 0.717) is 24.7 Å². The molecule has 20 heavy (non-hydrogen) atoms. The monoisotopic (exact) mass is 281 g/mol. The van der Waals surface area contributed by atoms with Crippen molar-refractivity contribution in [1.29, 1.82) is 0 Å². The zero-order chi connectivity index (χ0) is 14.5. The van der Waals surface area contributed by atoms with E-state index in [2.05, 4.69) is 4.98 Å². The number of nitro groups is 1. The summed E-state index contributed by atoms with van der Waals surface area (Å²) >= 11 is 0. The molecular weight excluding hydrogens is 262 g/mol. The van der Waals surface area contributed by atoms with Crippen LogP contribution in [0.25, 0.3) is 0 Å². The number of aliphatic hydroxyl groups excluding tert-OH is 1. The van der Waals surface area contributed by atoms with Gasteiger partial charge in [0.25, 0.3) is 0 Å². The highest BCUT2D eigenvalue weighted by Crippen LogP contribution is 2.35. The highest BCUT2D eigenvalue weighted by molar-refractivity contribution is 5.59. The molecule has 0 saturated heterocycles. The predicted octanol–water partition coefficient (Wildman–Crippen LogP) is 1.74. The van der Waals surface area contributed by atoms with Gasteiger partial charge in [0.15, 0.2) is 0 Å². The van der Waals surface area contributed by atoms with Gasteiger partial charge in [-0.05, 0) is 25.7 Å². The van der Waals surface area contributed by atoms with Gasteiger partial charge in [-0.2, -0.15) is 4.98 Å². The summed E-state index contributed by atoms with van der Waals surface area (Å²) in [5.74, 6) is 0.700. The molecule has 7 heteroatoms. The van der Waals surface area contributed by atoms with Crippen LogP contribution < -0.4 is 9.64 Å². The number of nitrogens with zero attached hydrogens (tertiary/aromatic N) is 3. The first-order valence-corrected chi connectivity index (χ1v) is 6.74. The van der Waals surface area contributed by atoms with Crippen molar-refractivity contribution in [3.63, 3.8) is 0 Å². The zero-order valence-electron chi connectivity index (χ0n) is 11.5. The normalized spacial score (nSPS) is 14.7. The van der Waals surface area contributed by atoms with Crippen LogP contribution in [0.3, 0.4) is 0 Å². The molecule has 1 aromatic heterocycles. The van der Waals surface area contributed by atoms with Crippen LogP contribution in [0.1, 0.15) is 25.7 Å². The van der Waals surface area contributed by atoms with Crippen LogP contribution in [0.5, 0.6) is 5.88 Å². The number of aliphatic hydroxyl groups is 1. The average Bonchev–Trinajstić information content (AvgIpc) is 2.40. The molecule has 0 atom stereocenters. The fourth-order valence-electron chi connectivity index (χ4n) is 2.29. The van der Waals surface area contributed by atoms with E-state index >= 15 is 0 Å².